The van der Waals surface area contributed by atoms with Gasteiger partial charge in [-0.2, -0.15) is 0 Å². The molecule has 0 spiro atoms. The van der Waals surface area contributed by atoms with E-state index >= 15 is 0 Å². The largest absolute Gasteiger partial charge is 0.289 e. The van der Waals surface area contributed by atoms with Crippen LogP contribution in [0, 0.1) is 13.8 Å². The second-order valence-corrected chi connectivity index (χ2v) is 5.62. The van der Waals surface area contributed by atoms with Gasteiger partial charge < -0.3 is 0 Å². The Balaban J connectivity index is 0.00000106. The normalized spacial score (nSPS) is 9.81. The Morgan fingerprint density at radius 2 is 1.62 bits per heavy atom. The predicted octanol–water partition coefficient (Wildman–Crippen LogP) is 5.89. The van der Waals surface area contributed by atoms with E-state index in [1.54, 1.807) is 0 Å². The van der Waals surface area contributed by atoms with Crippen molar-refractivity contribution in [1.82, 2.24) is 0 Å². The highest BCUT2D eigenvalue weighted by atomic mass is 79.9. The molecule has 0 fully saturated rings. The van der Waals surface area contributed by atoms with Gasteiger partial charge in [-0.15, -0.1) is 0 Å². The minimum absolute atomic E-state index is 0.0707. The molecule has 0 aliphatic rings. The third-order valence-corrected chi connectivity index (χ3v) is 4.32. The lowest BCUT2D eigenvalue weighted by Crippen LogP contribution is -2.04. The summed E-state index contributed by atoms with van der Waals surface area (Å²) in [7, 11) is 0. The molecule has 0 heterocycles. The van der Waals surface area contributed by atoms with Crippen LogP contribution in [0.4, 0.5) is 0 Å². The standard InChI is InChI=1S/C17H17BrO.C2H6/c1-4-13-5-7-14(8-6-13)17(19)15-10-11(2)9-12(3)16(15)18;1-2/h5-10H,4H2,1-3H3;1-2H3. The SMILES string of the molecule is CC.CCc1ccc(C(=O)c2cc(C)cc(C)c2Br)cc1. The molecule has 2 aromatic carbocycles. The minimum Gasteiger partial charge on any atom is -0.289 e. The Bertz CT molecular complexity index is 612. The highest BCUT2D eigenvalue weighted by molar-refractivity contribution is 9.10. The van der Waals surface area contributed by atoms with Crippen molar-refractivity contribution in [2.45, 2.75) is 41.0 Å². The number of carbonyl (C=O) groups is 1. The van der Waals surface area contributed by atoms with E-state index in [1.807, 2.05) is 58.0 Å². The van der Waals surface area contributed by atoms with Crippen molar-refractivity contribution < 1.29 is 4.79 Å². The highest BCUT2D eigenvalue weighted by Crippen LogP contribution is 2.25. The molecule has 0 aliphatic heterocycles. The van der Waals surface area contributed by atoms with Gasteiger partial charge in [0, 0.05) is 15.6 Å². The molecule has 0 bridgehead atoms. The van der Waals surface area contributed by atoms with Gasteiger partial charge in [-0.3, -0.25) is 4.79 Å². The molecule has 0 N–H and O–H groups in total. The molecule has 2 aromatic rings. The van der Waals surface area contributed by atoms with Crippen molar-refractivity contribution in [3.05, 3.63) is 68.7 Å². The Morgan fingerprint density at radius 1 is 1.05 bits per heavy atom. The van der Waals surface area contributed by atoms with Crippen molar-refractivity contribution in [1.29, 1.82) is 0 Å². The van der Waals surface area contributed by atoms with Crippen LogP contribution in [0.25, 0.3) is 0 Å². The molecular weight excluding hydrogens is 324 g/mol. The third kappa shape index (κ3) is 4.28. The first-order valence-corrected chi connectivity index (χ1v) is 8.22. The average Bonchev–Trinajstić information content (AvgIpc) is 2.52. The first-order chi connectivity index (χ1) is 10.0. The van der Waals surface area contributed by atoms with Gasteiger partial charge in [-0.1, -0.05) is 56.7 Å². The van der Waals surface area contributed by atoms with E-state index in [0.717, 1.165) is 33.1 Å². The summed E-state index contributed by atoms with van der Waals surface area (Å²) in [4.78, 5) is 12.5. The highest BCUT2D eigenvalue weighted by Gasteiger charge is 2.14. The van der Waals surface area contributed by atoms with E-state index in [2.05, 4.69) is 28.9 Å². The number of halogens is 1. The quantitative estimate of drug-likeness (QED) is 0.633. The van der Waals surface area contributed by atoms with E-state index in [4.69, 9.17) is 0 Å². The fourth-order valence-corrected chi connectivity index (χ4v) is 2.57. The summed E-state index contributed by atoms with van der Waals surface area (Å²) in [5.41, 5.74) is 4.92. The number of benzene rings is 2. The maximum Gasteiger partial charge on any atom is 0.194 e. The fourth-order valence-electron chi connectivity index (χ4n) is 2.16. The topological polar surface area (TPSA) is 17.1 Å². The first-order valence-electron chi connectivity index (χ1n) is 7.43. The number of hydrogen-bond acceptors (Lipinski definition) is 1. The molecule has 21 heavy (non-hydrogen) atoms. The lowest BCUT2D eigenvalue weighted by Gasteiger charge is -2.09. The molecule has 0 unspecified atom stereocenters. The van der Waals surface area contributed by atoms with Crippen LogP contribution < -0.4 is 0 Å². The summed E-state index contributed by atoms with van der Waals surface area (Å²) in [5, 5.41) is 0. The van der Waals surface area contributed by atoms with Gasteiger partial charge in [0.05, 0.1) is 0 Å². The van der Waals surface area contributed by atoms with E-state index in [9.17, 15) is 4.79 Å². The van der Waals surface area contributed by atoms with Gasteiger partial charge in [0.15, 0.2) is 5.78 Å². The zero-order chi connectivity index (χ0) is 16.0. The summed E-state index contributed by atoms with van der Waals surface area (Å²) in [6.07, 6.45) is 0.988. The van der Waals surface area contributed by atoms with Crippen LogP contribution in [0.15, 0.2) is 40.9 Å². The molecule has 0 atom stereocenters. The fraction of sp³-hybridized carbons (Fsp3) is 0.316. The van der Waals surface area contributed by atoms with Crippen molar-refractivity contribution in [3.8, 4) is 0 Å². The zero-order valence-electron chi connectivity index (χ0n) is 13.5. The molecule has 0 saturated carbocycles. The molecule has 0 saturated heterocycles. The zero-order valence-corrected chi connectivity index (χ0v) is 15.0. The second kappa shape index (κ2) is 8.14. The molecular formula is C19H23BrO. The van der Waals surface area contributed by atoms with Crippen LogP contribution >= 0.6 is 15.9 Å². The van der Waals surface area contributed by atoms with Crippen LogP contribution in [0.2, 0.25) is 0 Å². The summed E-state index contributed by atoms with van der Waals surface area (Å²) in [6, 6.07) is 11.9. The lowest BCUT2D eigenvalue weighted by atomic mass is 9.98. The van der Waals surface area contributed by atoms with Crippen LogP contribution in [-0.4, -0.2) is 5.78 Å². The van der Waals surface area contributed by atoms with Crippen molar-refractivity contribution in [2.24, 2.45) is 0 Å². The number of aryl methyl sites for hydroxylation is 3. The molecule has 0 aliphatic carbocycles. The van der Waals surface area contributed by atoms with Crippen LogP contribution in [-0.2, 0) is 6.42 Å². The Morgan fingerprint density at radius 3 is 2.14 bits per heavy atom. The van der Waals surface area contributed by atoms with Gasteiger partial charge in [0.1, 0.15) is 0 Å². The number of carbonyl (C=O) groups excluding carboxylic acids is 1. The molecule has 1 nitrogen and oxygen atoms in total. The van der Waals surface area contributed by atoms with Gasteiger partial charge in [-0.25, -0.2) is 0 Å². The maximum absolute atomic E-state index is 12.5. The summed E-state index contributed by atoms with van der Waals surface area (Å²) >= 11 is 3.52. The second-order valence-electron chi connectivity index (χ2n) is 4.82. The number of hydrogen-bond donors (Lipinski definition) is 0. The summed E-state index contributed by atoms with van der Waals surface area (Å²) < 4.78 is 0.891. The molecule has 0 amide bonds. The number of rotatable bonds is 3. The molecule has 112 valence electrons. The van der Waals surface area contributed by atoms with Crippen LogP contribution in [0.1, 0.15) is 53.4 Å². The summed E-state index contributed by atoms with van der Waals surface area (Å²) in [6.45, 7) is 10.1. The van der Waals surface area contributed by atoms with E-state index in [-0.39, 0.29) is 5.78 Å². The lowest BCUT2D eigenvalue weighted by molar-refractivity contribution is 0.103. The Kier molecular flexibility index (Phi) is 6.83. The van der Waals surface area contributed by atoms with Crippen LogP contribution in [0.3, 0.4) is 0 Å². The van der Waals surface area contributed by atoms with Gasteiger partial charge >= 0.3 is 0 Å². The van der Waals surface area contributed by atoms with Crippen molar-refractivity contribution in [3.63, 3.8) is 0 Å². The van der Waals surface area contributed by atoms with E-state index in [1.165, 1.54) is 5.56 Å². The van der Waals surface area contributed by atoms with Gasteiger partial charge in [0.2, 0.25) is 0 Å². The molecule has 0 aromatic heterocycles. The van der Waals surface area contributed by atoms with Crippen LogP contribution in [0.5, 0.6) is 0 Å². The molecule has 0 radical (unpaired) electrons. The maximum atomic E-state index is 12.5. The molecule has 2 rings (SSSR count). The smallest absolute Gasteiger partial charge is 0.194 e. The minimum atomic E-state index is 0.0707. The van der Waals surface area contributed by atoms with Gasteiger partial charge in [-0.05, 0) is 53.4 Å². The first kappa shape index (κ1) is 17.6. The molecule has 2 heteroatoms. The summed E-state index contributed by atoms with van der Waals surface area (Å²) in [5.74, 6) is 0.0707. The monoisotopic (exact) mass is 346 g/mol. The van der Waals surface area contributed by atoms with Crippen molar-refractivity contribution >= 4 is 21.7 Å². The average molecular weight is 347 g/mol. The Labute approximate surface area is 136 Å². The van der Waals surface area contributed by atoms with Crippen molar-refractivity contribution in [2.75, 3.05) is 0 Å². The Hall–Kier alpha value is -1.41. The van der Waals surface area contributed by atoms with Gasteiger partial charge in [0.25, 0.3) is 0 Å². The van der Waals surface area contributed by atoms with E-state index < -0.39 is 0 Å². The predicted molar refractivity (Wildman–Crippen MR) is 94.2 cm³/mol. The van der Waals surface area contributed by atoms with E-state index in [0.29, 0.717) is 0 Å². The third-order valence-electron chi connectivity index (χ3n) is 3.27. The number of ketones is 1.